The minimum absolute atomic E-state index is 0.504. The first-order chi connectivity index (χ1) is 8.83. The molecule has 88 valence electrons. The smallest absolute Gasteiger partial charge is 0.258 e. The quantitative estimate of drug-likeness (QED) is 0.666. The molecule has 18 heavy (non-hydrogen) atoms. The second-order valence-electron chi connectivity index (χ2n) is 3.65. The summed E-state index contributed by atoms with van der Waals surface area (Å²) in [5, 5.41) is 3.94. The molecule has 0 spiro atoms. The highest BCUT2D eigenvalue weighted by atomic mass is 127. The Balaban J connectivity index is 2.00. The maximum atomic E-state index is 5.26. The third-order valence-corrected chi connectivity index (χ3v) is 3.06. The van der Waals surface area contributed by atoms with Crippen LogP contribution in [-0.2, 0) is 0 Å². The predicted octanol–water partition coefficient (Wildman–Crippen LogP) is 3.40. The molecular weight excluding hydrogens is 341 g/mol. The van der Waals surface area contributed by atoms with Gasteiger partial charge in [0, 0.05) is 15.3 Å². The molecular formula is C13H8IN3O. The Morgan fingerprint density at radius 1 is 1.06 bits per heavy atom. The summed E-state index contributed by atoms with van der Waals surface area (Å²) in [6.07, 6.45) is 1.71. The Labute approximate surface area is 117 Å². The minimum atomic E-state index is 0.504. The van der Waals surface area contributed by atoms with Crippen molar-refractivity contribution in [1.82, 2.24) is 15.1 Å². The number of aromatic nitrogens is 3. The molecule has 3 rings (SSSR count). The van der Waals surface area contributed by atoms with Crippen molar-refractivity contribution in [2.75, 3.05) is 0 Å². The number of rotatable bonds is 2. The molecule has 0 aliphatic heterocycles. The Morgan fingerprint density at radius 3 is 2.78 bits per heavy atom. The van der Waals surface area contributed by atoms with Crippen molar-refractivity contribution >= 4 is 22.6 Å². The Morgan fingerprint density at radius 2 is 2.00 bits per heavy atom. The summed E-state index contributed by atoms with van der Waals surface area (Å²) in [6, 6.07) is 13.5. The molecule has 0 radical (unpaired) electrons. The molecule has 1 aromatic carbocycles. The highest BCUT2D eigenvalue weighted by molar-refractivity contribution is 14.1. The number of hydrogen-bond acceptors (Lipinski definition) is 4. The van der Waals surface area contributed by atoms with Gasteiger partial charge in [-0.25, -0.2) is 0 Å². The maximum Gasteiger partial charge on any atom is 0.258 e. The summed E-state index contributed by atoms with van der Waals surface area (Å²) < 4.78 is 6.38. The first kappa shape index (κ1) is 11.3. The van der Waals surface area contributed by atoms with Gasteiger partial charge in [0.05, 0.1) is 0 Å². The molecule has 0 unspecified atom stereocenters. The van der Waals surface area contributed by atoms with E-state index in [1.54, 1.807) is 6.20 Å². The molecule has 0 amide bonds. The SMILES string of the molecule is Ic1cccc(-c2nc(-c3ccccn3)no2)c1. The van der Waals surface area contributed by atoms with Crippen LogP contribution in [0.25, 0.3) is 23.0 Å². The van der Waals surface area contributed by atoms with Crippen LogP contribution in [0.2, 0.25) is 0 Å². The van der Waals surface area contributed by atoms with Crippen LogP contribution in [0.3, 0.4) is 0 Å². The lowest BCUT2D eigenvalue weighted by Gasteiger charge is -1.94. The highest BCUT2D eigenvalue weighted by Crippen LogP contribution is 2.22. The topological polar surface area (TPSA) is 51.8 Å². The Hall–Kier alpha value is -1.76. The van der Waals surface area contributed by atoms with E-state index < -0.39 is 0 Å². The number of pyridine rings is 1. The zero-order valence-corrected chi connectivity index (χ0v) is 11.4. The molecule has 0 aliphatic carbocycles. The van der Waals surface area contributed by atoms with Crippen molar-refractivity contribution in [3.8, 4) is 23.0 Å². The lowest BCUT2D eigenvalue weighted by molar-refractivity contribution is 0.432. The van der Waals surface area contributed by atoms with Crippen LogP contribution in [-0.4, -0.2) is 15.1 Å². The van der Waals surface area contributed by atoms with Crippen molar-refractivity contribution in [1.29, 1.82) is 0 Å². The van der Waals surface area contributed by atoms with Crippen molar-refractivity contribution in [3.63, 3.8) is 0 Å². The largest absolute Gasteiger partial charge is 0.334 e. The van der Waals surface area contributed by atoms with Gasteiger partial charge in [-0.05, 0) is 52.9 Å². The van der Waals surface area contributed by atoms with Crippen LogP contribution in [0, 0.1) is 3.57 Å². The molecule has 0 saturated carbocycles. The fourth-order valence-electron chi connectivity index (χ4n) is 1.56. The van der Waals surface area contributed by atoms with Crippen LogP contribution in [0.5, 0.6) is 0 Å². The van der Waals surface area contributed by atoms with Gasteiger partial charge in [-0.3, -0.25) is 4.98 Å². The molecule has 2 aromatic heterocycles. The lowest BCUT2D eigenvalue weighted by atomic mass is 10.2. The number of nitrogens with zero attached hydrogens (tertiary/aromatic N) is 3. The van der Waals surface area contributed by atoms with Gasteiger partial charge in [0.25, 0.3) is 5.89 Å². The summed E-state index contributed by atoms with van der Waals surface area (Å²) in [7, 11) is 0. The molecule has 5 heteroatoms. The van der Waals surface area contributed by atoms with Crippen LogP contribution in [0.4, 0.5) is 0 Å². The van der Waals surface area contributed by atoms with Crippen LogP contribution in [0.1, 0.15) is 0 Å². The van der Waals surface area contributed by atoms with E-state index in [0.29, 0.717) is 17.4 Å². The standard InChI is InChI=1S/C13H8IN3O/c14-10-5-3-4-9(8-10)13-16-12(17-18-13)11-6-1-2-7-15-11/h1-8H. The fraction of sp³-hybridized carbons (Fsp3) is 0. The second kappa shape index (κ2) is 4.85. The van der Waals surface area contributed by atoms with Crippen LogP contribution >= 0.6 is 22.6 Å². The fourth-order valence-corrected chi connectivity index (χ4v) is 2.10. The zero-order valence-electron chi connectivity index (χ0n) is 9.25. The van der Waals surface area contributed by atoms with Gasteiger partial charge in [-0.2, -0.15) is 4.98 Å². The van der Waals surface area contributed by atoms with E-state index in [2.05, 4.69) is 37.7 Å². The maximum absolute atomic E-state index is 5.26. The zero-order chi connectivity index (χ0) is 12.4. The van der Waals surface area contributed by atoms with Crippen molar-refractivity contribution in [2.45, 2.75) is 0 Å². The van der Waals surface area contributed by atoms with E-state index in [9.17, 15) is 0 Å². The first-order valence-corrected chi connectivity index (χ1v) is 6.42. The van der Waals surface area contributed by atoms with Crippen LogP contribution in [0.15, 0.2) is 53.2 Å². The molecule has 4 nitrogen and oxygen atoms in total. The third-order valence-electron chi connectivity index (χ3n) is 2.39. The van der Waals surface area contributed by atoms with Gasteiger partial charge in [-0.15, -0.1) is 0 Å². The summed E-state index contributed by atoms with van der Waals surface area (Å²) in [4.78, 5) is 8.54. The molecule has 2 heterocycles. The molecule has 0 atom stereocenters. The normalized spacial score (nSPS) is 10.5. The average Bonchev–Trinajstić information content (AvgIpc) is 2.89. The van der Waals surface area contributed by atoms with Crippen molar-refractivity contribution in [2.24, 2.45) is 0 Å². The monoisotopic (exact) mass is 349 g/mol. The number of halogens is 1. The predicted molar refractivity (Wildman–Crippen MR) is 75.7 cm³/mol. The second-order valence-corrected chi connectivity index (χ2v) is 4.89. The summed E-state index contributed by atoms with van der Waals surface area (Å²) in [5.74, 6) is 1.01. The number of benzene rings is 1. The molecule has 0 aliphatic rings. The lowest BCUT2D eigenvalue weighted by Crippen LogP contribution is -1.84. The third kappa shape index (κ3) is 2.26. The van der Waals surface area contributed by atoms with Gasteiger partial charge in [-0.1, -0.05) is 17.3 Å². The summed E-state index contributed by atoms with van der Waals surface area (Å²) in [5.41, 5.74) is 1.62. The minimum Gasteiger partial charge on any atom is -0.334 e. The summed E-state index contributed by atoms with van der Waals surface area (Å²) >= 11 is 2.25. The molecule has 3 aromatic rings. The van der Waals surface area contributed by atoms with Gasteiger partial charge >= 0.3 is 0 Å². The van der Waals surface area contributed by atoms with Crippen LogP contribution < -0.4 is 0 Å². The van der Waals surface area contributed by atoms with E-state index in [0.717, 1.165) is 9.13 Å². The van der Waals surface area contributed by atoms with E-state index >= 15 is 0 Å². The number of hydrogen-bond donors (Lipinski definition) is 0. The average molecular weight is 349 g/mol. The van der Waals surface area contributed by atoms with E-state index in [1.165, 1.54) is 0 Å². The van der Waals surface area contributed by atoms with Crippen molar-refractivity contribution in [3.05, 3.63) is 52.2 Å². The Bertz CT molecular complexity index is 667. The van der Waals surface area contributed by atoms with Crippen molar-refractivity contribution < 1.29 is 4.52 Å². The Kier molecular flexibility index (Phi) is 3.06. The summed E-state index contributed by atoms with van der Waals surface area (Å²) in [6.45, 7) is 0. The molecule has 0 saturated heterocycles. The van der Waals surface area contributed by atoms with E-state index in [-0.39, 0.29) is 0 Å². The molecule has 0 bridgehead atoms. The van der Waals surface area contributed by atoms with Gasteiger partial charge < -0.3 is 4.52 Å². The van der Waals surface area contributed by atoms with E-state index in [1.807, 2.05) is 42.5 Å². The van der Waals surface area contributed by atoms with Gasteiger partial charge in [0.15, 0.2) is 0 Å². The van der Waals surface area contributed by atoms with Gasteiger partial charge in [0.2, 0.25) is 5.82 Å². The molecule has 0 fully saturated rings. The molecule has 0 N–H and O–H groups in total. The highest BCUT2D eigenvalue weighted by Gasteiger charge is 2.11. The van der Waals surface area contributed by atoms with E-state index in [4.69, 9.17) is 4.52 Å². The van der Waals surface area contributed by atoms with Gasteiger partial charge in [0.1, 0.15) is 5.69 Å². The first-order valence-electron chi connectivity index (χ1n) is 5.34.